The summed E-state index contributed by atoms with van der Waals surface area (Å²) in [6.45, 7) is 4.88. The topological polar surface area (TPSA) is 70.7 Å². The molecule has 3 amide bonds. The molecule has 1 heterocycles. The van der Waals surface area contributed by atoms with Crippen LogP contribution >= 0.6 is 0 Å². The van der Waals surface area contributed by atoms with Crippen LogP contribution in [0.2, 0.25) is 0 Å². The Kier molecular flexibility index (Phi) is 7.82. The molecule has 6 nitrogen and oxygen atoms in total. The van der Waals surface area contributed by atoms with Gasteiger partial charge in [-0.3, -0.25) is 4.79 Å². The summed E-state index contributed by atoms with van der Waals surface area (Å²) in [5, 5.41) is 5.62. The first-order chi connectivity index (χ1) is 11.6. The Morgan fingerprint density at radius 1 is 1.12 bits per heavy atom. The van der Waals surface area contributed by atoms with E-state index >= 15 is 0 Å². The van der Waals surface area contributed by atoms with Crippen molar-refractivity contribution in [2.75, 3.05) is 33.3 Å². The summed E-state index contributed by atoms with van der Waals surface area (Å²) in [5.41, 5.74) is 0. The van der Waals surface area contributed by atoms with Gasteiger partial charge in [-0.25, -0.2) is 4.79 Å². The molecule has 2 rings (SSSR count). The van der Waals surface area contributed by atoms with Crippen LogP contribution in [0.25, 0.3) is 0 Å². The fraction of sp³-hybridized carbons (Fsp3) is 0.889. The van der Waals surface area contributed by atoms with E-state index in [1.54, 1.807) is 7.05 Å². The highest BCUT2D eigenvalue weighted by atomic mass is 16.5. The van der Waals surface area contributed by atoms with E-state index in [4.69, 9.17) is 4.74 Å². The fourth-order valence-electron chi connectivity index (χ4n) is 3.71. The van der Waals surface area contributed by atoms with Crippen molar-refractivity contribution >= 4 is 11.9 Å². The van der Waals surface area contributed by atoms with Crippen molar-refractivity contribution in [1.29, 1.82) is 0 Å². The Hall–Kier alpha value is -1.30. The van der Waals surface area contributed by atoms with Crippen LogP contribution in [0.1, 0.15) is 51.9 Å². The zero-order valence-corrected chi connectivity index (χ0v) is 15.2. The maximum atomic E-state index is 12.2. The molecule has 2 N–H and O–H groups in total. The van der Waals surface area contributed by atoms with Crippen molar-refractivity contribution in [2.24, 2.45) is 11.8 Å². The van der Waals surface area contributed by atoms with E-state index in [-0.39, 0.29) is 11.9 Å². The van der Waals surface area contributed by atoms with Crippen molar-refractivity contribution in [2.45, 2.75) is 58.0 Å². The summed E-state index contributed by atoms with van der Waals surface area (Å²) >= 11 is 0. The van der Waals surface area contributed by atoms with Gasteiger partial charge in [-0.05, 0) is 37.5 Å². The normalized spacial score (nSPS) is 25.3. The molecule has 1 aliphatic carbocycles. The van der Waals surface area contributed by atoms with E-state index in [0.717, 1.165) is 32.4 Å². The highest BCUT2D eigenvalue weighted by Gasteiger charge is 2.24. The molecule has 0 spiro atoms. The Labute approximate surface area is 145 Å². The zero-order chi connectivity index (χ0) is 17.4. The first kappa shape index (κ1) is 19.0. The summed E-state index contributed by atoms with van der Waals surface area (Å²) in [5.74, 6) is 1.12. The Morgan fingerprint density at radius 2 is 1.83 bits per heavy atom. The van der Waals surface area contributed by atoms with Gasteiger partial charge in [0.2, 0.25) is 5.91 Å². The minimum Gasteiger partial charge on any atom is -0.376 e. The molecule has 0 bridgehead atoms. The van der Waals surface area contributed by atoms with Gasteiger partial charge in [0.15, 0.2) is 0 Å². The minimum absolute atomic E-state index is 0.00585. The van der Waals surface area contributed by atoms with E-state index in [2.05, 4.69) is 17.6 Å². The number of amides is 3. The number of nitrogens with one attached hydrogen (secondary N) is 2. The quantitative estimate of drug-likeness (QED) is 0.728. The number of piperidine rings is 1. The molecule has 0 aromatic heterocycles. The van der Waals surface area contributed by atoms with Gasteiger partial charge in [0.25, 0.3) is 0 Å². The van der Waals surface area contributed by atoms with Crippen LogP contribution in [-0.4, -0.2) is 56.2 Å². The predicted octanol–water partition coefficient (Wildman–Crippen LogP) is 2.14. The second-order valence-corrected chi connectivity index (χ2v) is 7.21. The van der Waals surface area contributed by atoms with Gasteiger partial charge < -0.3 is 20.3 Å². The Bertz CT molecular complexity index is 408. The second kappa shape index (κ2) is 9.87. The molecule has 2 atom stereocenters. The zero-order valence-electron chi connectivity index (χ0n) is 15.2. The average Bonchev–Trinajstić information content (AvgIpc) is 2.60. The molecular formula is C18H33N3O3. The van der Waals surface area contributed by atoms with Gasteiger partial charge in [-0.1, -0.05) is 19.8 Å². The molecule has 0 radical (unpaired) electrons. The highest BCUT2D eigenvalue weighted by Crippen LogP contribution is 2.26. The van der Waals surface area contributed by atoms with E-state index < -0.39 is 0 Å². The first-order valence-corrected chi connectivity index (χ1v) is 9.45. The number of carbonyl (C=O) groups is 2. The smallest absolute Gasteiger partial charge is 0.317 e. The predicted molar refractivity (Wildman–Crippen MR) is 93.8 cm³/mol. The molecule has 2 fully saturated rings. The van der Waals surface area contributed by atoms with Crippen LogP contribution in [0.5, 0.6) is 0 Å². The van der Waals surface area contributed by atoms with Gasteiger partial charge in [0.1, 0.15) is 0 Å². The Morgan fingerprint density at radius 3 is 2.50 bits per heavy atom. The number of urea groups is 1. The summed E-state index contributed by atoms with van der Waals surface area (Å²) in [4.78, 5) is 25.4. The number of rotatable bonds is 6. The Balaban J connectivity index is 1.57. The van der Waals surface area contributed by atoms with Crippen LogP contribution in [-0.2, 0) is 9.53 Å². The van der Waals surface area contributed by atoms with E-state index in [9.17, 15) is 9.59 Å². The lowest BCUT2D eigenvalue weighted by Gasteiger charge is -2.32. The number of ether oxygens (including phenoxy) is 1. The first-order valence-electron chi connectivity index (χ1n) is 9.45. The third-order valence-corrected chi connectivity index (χ3v) is 5.40. The third-order valence-electron chi connectivity index (χ3n) is 5.40. The van der Waals surface area contributed by atoms with E-state index in [1.807, 2.05) is 4.90 Å². The van der Waals surface area contributed by atoms with Crippen molar-refractivity contribution in [3.63, 3.8) is 0 Å². The SMILES string of the molecule is CNC(=O)CC1CCN(C(=O)NCCO[C@H]2CCCC[C@H]2C)CC1. The molecule has 2 aliphatic rings. The minimum atomic E-state index is -0.00585. The summed E-state index contributed by atoms with van der Waals surface area (Å²) in [6, 6.07) is -0.00585. The summed E-state index contributed by atoms with van der Waals surface area (Å²) in [6.07, 6.45) is 7.69. The van der Waals surface area contributed by atoms with Crippen LogP contribution in [0, 0.1) is 11.8 Å². The fourth-order valence-corrected chi connectivity index (χ4v) is 3.71. The second-order valence-electron chi connectivity index (χ2n) is 7.21. The van der Waals surface area contributed by atoms with Crippen molar-refractivity contribution in [3.8, 4) is 0 Å². The summed E-state index contributed by atoms with van der Waals surface area (Å²) in [7, 11) is 1.67. The van der Waals surface area contributed by atoms with E-state index in [1.165, 1.54) is 19.3 Å². The van der Waals surface area contributed by atoms with Crippen LogP contribution < -0.4 is 10.6 Å². The molecule has 0 unspecified atom stereocenters. The molecule has 0 aromatic rings. The molecule has 1 saturated carbocycles. The maximum absolute atomic E-state index is 12.2. The van der Waals surface area contributed by atoms with Crippen molar-refractivity contribution < 1.29 is 14.3 Å². The standard InChI is InChI=1S/C18H33N3O3/c1-14-5-3-4-6-16(14)24-12-9-20-18(23)21-10-7-15(8-11-21)13-17(22)19-2/h14-16H,3-13H2,1-2H3,(H,19,22)(H,20,23)/t14-,16+/m1/s1. The molecule has 6 heteroatoms. The van der Waals surface area contributed by atoms with Crippen molar-refractivity contribution in [3.05, 3.63) is 0 Å². The number of hydrogen-bond acceptors (Lipinski definition) is 3. The largest absolute Gasteiger partial charge is 0.376 e. The molecular weight excluding hydrogens is 306 g/mol. The van der Waals surface area contributed by atoms with Gasteiger partial charge in [-0.15, -0.1) is 0 Å². The molecule has 1 aliphatic heterocycles. The lowest BCUT2D eigenvalue weighted by molar-refractivity contribution is -0.121. The number of nitrogens with zero attached hydrogens (tertiary/aromatic N) is 1. The lowest BCUT2D eigenvalue weighted by Crippen LogP contribution is -2.46. The van der Waals surface area contributed by atoms with Gasteiger partial charge in [-0.2, -0.15) is 0 Å². The maximum Gasteiger partial charge on any atom is 0.317 e. The van der Waals surface area contributed by atoms with Crippen LogP contribution in [0.4, 0.5) is 4.79 Å². The molecule has 0 aromatic carbocycles. The molecule has 1 saturated heterocycles. The monoisotopic (exact) mass is 339 g/mol. The highest BCUT2D eigenvalue weighted by molar-refractivity contribution is 5.76. The third kappa shape index (κ3) is 5.96. The lowest BCUT2D eigenvalue weighted by atomic mass is 9.88. The number of likely N-dealkylation sites (tertiary alicyclic amines) is 1. The average molecular weight is 339 g/mol. The molecule has 138 valence electrons. The van der Waals surface area contributed by atoms with E-state index in [0.29, 0.717) is 37.5 Å². The van der Waals surface area contributed by atoms with Gasteiger partial charge in [0, 0.05) is 33.1 Å². The van der Waals surface area contributed by atoms with Crippen LogP contribution in [0.3, 0.4) is 0 Å². The van der Waals surface area contributed by atoms with Gasteiger partial charge in [0.05, 0.1) is 12.7 Å². The van der Waals surface area contributed by atoms with Gasteiger partial charge >= 0.3 is 6.03 Å². The number of carbonyl (C=O) groups excluding carboxylic acids is 2. The summed E-state index contributed by atoms with van der Waals surface area (Å²) < 4.78 is 5.93. The van der Waals surface area contributed by atoms with Crippen molar-refractivity contribution in [1.82, 2.24) is 15.5 Å². The number of hydrogen-bond donors (Lipinski definition) is 2. The molecule has 24 heavy (non-hydrogen) atoms. The van der Waals surface area contributed by atoms with Crippen LogP contribution in [0.15, 0.2) is 0 Å².